The van der Waals surface area contributed by atoms with Crippen LogP contribution in [0, 0.1) is 0 Å². The van der Waals surface area contributed by atoms with Crippen LogP contribution in [-0.2, 0) is 6.54 Å². The van der Waals surface area contributed by atoms with E-state index in [4.69, 9.17) is 0 Å². The largest absolute Gasteiger partial charge is 0.390 e. The van der Waals surface area contributed by atoms with Crippen molar-refractivity contribution < 1.29 is 5.11 Å². The van der Waals surface area contributed by atoms with Crippen molar-refractivity contribution >= 4 is 11.8 Å². The summed E-state index contributed by atoms with van der Waals surface area (Å²) in [7, 11) is 1.89. The summed E-state index contributed by atoms with van der Waals surface area (Å²) in [5, 5.41) is 24.9. The molecule has 0 unspecified atom stereocenters. The second-order valence-electron chi connectivity index (χ2n) is 4.20. The van der Waals surface area contributed by atoms with Crippen LogP contribution in [0.25, 0.3) is 0 Å². The summed E-state index contributed by atoms with van der Waals surface area (Å²) >= 11 is 1.57. The highest BCUT2D eigenvalue weighted by Crippen LogP contribution is 2.18. The Kier molecular flexibility index (Phi) is 5.17. The van der Waals surface area contributed by atoms with Crippen LogP contribution in [0.15, 0.2) is 5.16 Å². The molecule has 0 aliphatic carbocycles. The van der Waals surface area contributed by atoms with Crippen molar-refractivity contribution in [2.45, 2.75) is 37.6 Å². The van der Waals surface area contributed by atoms with E-state index in [1.54, 1.807) is 30.3 Å². The van der Waals surface area contributed by atoms with Gasteiger partial charge in [-0.15, -0.1) is 5.10 Å². The number of hydrogen-bond donors (Lipinski definition) is 2. The number of tetrazole rings is 1. The average molecular weight is 245 g/mol. The molecule has 0 spiro atoms. The molecular formula is C9H19N5OS. The Morgan fingerprint density at radius 3 is 2.88 bits per heavy atom. The zero-order valence-corrected chi connectivity index (χ0v) is 10.8. The molecule has 0 fully saturated rings. The molecule has 1 heterocycles. The molecule has 0 aliphatic heterocycles. The first-order valence-corrected chi connectivity index (χ1v) is 6.27. The molecule has 0 amide bonds. The van der Waals surface area contributed by atoms with Crippen LogP contribution in [0.1, 0.15) is 20.3 Å². The lowest BCUT2D eigenvalue weighted by molar-refractivity contribution is 0.0777. The third-order valence-electron chi connectivity index (χ3n) is 2.02. The van der Waals surface area contributed by atoms with E-state index >= 15 is 0 Å². The Balaban J connectivity index is 2.38. The standard InChI is InChI=1S/C9H19N5OS/c1-9(2,15)4-7-16-8-11-12-13-14(8)6-5-10-3/h10,15H,4-7H2,1-3H3. The molecule has 6 nitrogen and oxygen atoms in total. The average Bonchev–Trinajstić information content (AvgIpc) is 2.60. The fourth-order valence-electron chi connectivity index (χ4n) is 1.05. The Bertz CT molecular complexity index is 309. The maximum absolute atomic E-state index is 9.58. The second kappa shape index (κ2) is 6.17. The van der Waals surface area contributed by atoms with Gasteiger partial charge >= 0.3 is 0 Å². The van der Waals surface area contributed by atoms with E-state index in [9.17, 15) is 5.11 Å². The lowest BCUT2D eigenvalue weighted by atomic mass is 10.1. The zero-order valence-electron chi connectivity index (χ0n) is 9.97. The smallest absolute Gasteiger partial charge is 0.209 e. The first-order valence-electron chi connectivity index (χ1n) is 5.29. The topological polar surface area (TPSA) is 75.9 Å². The molecule has 1 aromatic rings. The monoisotopic (exact) mass is 245 g/mol. The molecule has 0 aliphatic rings. The molecule has 7 heteroatoms. The van der Waals surface area contributed by atoms with Crippen molar-refractivity contribution in [1.82, 2.24) is 25.5 Å². The molecule has 0 radical (unpaired) electrons. The van der Waals surface area contributed by atoms with E-state index in [0.29, 0.717) is 0 Å². The third kappa shape index (κ3) is 4.91. The fraction of sp³-hybridized carbons (Fsp3) is 0.889. The van der Waals surface area contributed by atoms with Crippen molar-refractivity contribution in [1.29, 1.82) is 0 Å². The van der Waals surface area contributed by atoms with Gasteiger partial charge in [0.15, 0.2) is 0 Å². The fourth-order valence-corrected chi connectivity index (χ4v) is 2.21. The predicted molar refractivity (Wildman–Crippen MR) is 63.4 cm³/mol. The van der Waals surface area contributed by atoms with E-state index in [-0.39, 0.29) is 0 Å². The van der Waals surface area contributed by atoms with Crippen LogP contribution in [-0.4, -0.2) is 50.3 Å². The van der Waals surface area contributed by atoms with Crippen LogP contribution in [0.2, 0.25) is 0 Å². The molecule has 0 aromatic carbocycles. The lowest BCUT2D eigenvalue weighted by Gasteiger charge is -2.15. The van der Waals surface area contributed by atoms with Gasteiger partial charge in [0.2, 0.25) is 5.16 Å². The molecule has 1 rings (SSSR count). The van der Waals surface area contributed by atoms with Crippen molar-refractivity contribution in [2.24, 2.45) is 0 Å². The molecule has 0 saturated heterocycles. The number of hydrogen-bond acceptors (Lipinski definition) is 6. The first-order chi connectivity index (χ1) is 7.53. The molecule has 16 heavy (non-hydrogen) atoms. The Morgan fingerprint density at radius 2 is 2.25 bits per heavy atom. The van der Waals surface area contributed by atoms with Crippen LogP contribution in [0.4, 0.5) is 0 Å². The summed E-state index contributed by atoms with van der Waals surface area (Å²) in [4.78, 5) is 0. The second-order valence-corrected chi connectivity index (χ2v) is 5.26. The van der Waals surface area contributed by atoms with Crippen molar-refractivity contribution in [2.75, 3.05) is 19.3 Å². The summed E-state index contributed by atoms with van der Waals surface area (Å²) in [5.74, 6) is 0.809. The SMILES string of the molecule is CNCCn1nnnc1SCCC(C)(C)O. The van der Waals surface area contributed by atoms with Gasteiger partial charge in [0, 0.05) is 12.3 Å². The maximum Gasteiger partial charge on any atom is 0.209 e. The maximum atomic E-state index is 9.58. The summed E-state index contributed by atoms with van der Waals surface area (Å²) in [6.45, 7) is 5.20. The van der Waals surface area contributed by atoms with Gasteiger partial charge in [-0.25, -0.2) is 4.68 Å². The van der Waals surface area contributed by atoms with Gasteiger partial charge in [-0.3, -0.25) is 0 Å². The quantitative estimate of drug-likeness (QED) is 0.666. The highest BCUT2D eigenvalue weighted by Gasteiger charge is 2.13. The van der Waals surface area contributed by atoms with Gasteiger partial charge in [-0.05, 0) is 37.7 Å². The number of thioether (sulfide) groups is 1. The molecule has 1 aromatic heterocycles. The van der Waals surface area contributed by atoms with Gasteiger partial charge in [0.05, 0.1) is 12.1 Å². The van der Waals surface area contributed by atoms with Crippen LogP contribution in [0.5, 0.6) is 0 Å². The van der Waals surface area contributed by atoms with Gasteiger partial charge in [0.25, 0.3) is 0 Å². The number of likely N-dealkylation sites (N-methyl/N-ethyl adjacent to an activating group) is 1. The van der Waals surface area contributed by atoms with Gasteiger partial charge in [0.1, 0.15) is 0 Å². The van der Waals surface area contributed by atoms with Gasteiger partial charge in [-0.1, -0.05) is 11.8 Å². The first kappa shape index (κ1) is 13.4. The van der Waals surface area contributed by atoms with Gasteiger partial charge in [-0.2, -0.15) is 0 Å². The zero-order chi connectivity index (χ0) is 12.0. The summed E-state index contributed by atoms with van der Waals surface area (Å²) in [6, 6.07) is 0. The minimum absolute atomic E-state index is 0.629. The highest BCUT2D eigenvalue weighted by molar-refractivity contribution is 7.99. The molecular weight excluding hydrogens is 226 g/mol. The molecule has 92 valence electrons. The summed E-state index contributed by atoms with van der Waals surface area (Å²) in [6.07, 6.45) is 0.719. The number of aromatic nitrogens is 4. The summed E-state index contributed by atoms with van der Waals surface area (Å²) < 4.78 is 1.77. The molecule has 0 atom stereocenters. The Labute approximate surface area is 99.8 Å². The van der Waals surface area contributed by atoms with E-state index in [0.717, 1.165) is 30.4 Å². The number of nitrogens with one attached hydrogen (secondary N) is 1. The van der Waals surface area contributed by atoms with Crippen molar-refractivity contribution in [3.63, 3.8) is 0 Å². The predicted octanol–water partition coefficient (Wildman–Crippen LogP) is 0.146. The van der Waals surface area contributed by atoms with E-state index < -0.39 is 5.60 Å². The van der Waals surface area contributed by atoms with E-state index in [1.165, 1.54) is 0 Å². The normalized spacial score (nSPS) is 12.0. The van der Waals surface area contributed by atoms with Crippen LogP contribution >= 0.6 is 11.8 Å². The number of nitrogens with zero attached hydrogens (tertiary/aromatic N) is 4. The van der Waals surface area contributed by atoms with Crippen LogP contribution in [0.3, 0.4) is 0 Å². The third-order valence-corrected chi connectivity index (χ3v) is 2.98. The van der Waals surface area contributed by atoms with E-state index in [2.05, 4.69) is 20.8 Å². The van der Waals surface area contributed by atoms with Crippen molar-refractivity contribution in [3.05, 3.63) is 0 Å². The molecule has 2 N–H and O–H groups in total. The molecule has 0 bridgehead atoms. The number of aliphatic hydroxyl groups is 1. The van der Waals surface area contributed by atoms with E-state index in [1.807, 2.05) is 7.05 Å². The number of rotatable bonds is 7. The minimum Gasteiger partial charge on any atom is -0.390 e. The Hall–Kier alpha value is -0.660. The Morgan fingerprint density at radius 1 is 1.50 bits per heavy atom. The lowest BCUT2D eigenvalue weighted by Crippen LogP contribution is -2.19. The molecule has 0 saturated carbocycles. The minimum atomic E-state index is -0.629. The highest BCUT2D eigenvalue weighted by atomic mass is 32.2. The van der Waals surface area contributed by atoms with Crippen molar-refractivity contribution in [3.8, 4) is 0 Å². The van der Waals surface area contributed by atoms with Gasteiger partial charge < -0.3 is 10.4 Å². The van der Waals surface area contributed by atoms with Crippen LogP contribution < -0.4 is 5.32 Å². The summed E-state index contributed by atoms with van der Waals surface area (Å²) in [5.41, 5.74) is -0.629.